The lowest BCUT2D eigenvalue weighted by Gasteiger charge is -2.11. The summed E-state index contributed by atoms with van der Waals surface area (Å²) >= 11 is 0. The van der Waals surface area contributed by atoms with E-state index in [9.17, 15) is 13.6 Å². The average molecular weight is 395 g/mol. The standard InChI is InChI=1S/C23H19F2NO3/c1-28-21-15-16(11-13-20(21)29-23(24)25)12-14-22(27)26-19-10-6-5-9-18(19)17-7-3-2-4-8-17/h2-15,23H,1H3,(H,26,27)/b14-12+. The maximum absolute atomic E-state index is 12.4. The summed E-state index contributed by atoms with van der Waals surface area (Å²) in [6.07, 6.45) is 2.93. The van der Waals surface area contributed by atoms with E-state index in [1.54, 1.807) is 12.1 Å². The summed E-state index contributed by atoms with van der Waals surface area (Å²) in [4.78, 5) is 12.4. The number of carbonyl (C=O) groups excluding carboxylic acids is 1. The van der Waals surface area contributed by atoms with Crippen LogP contribution in [-0.2, 0) is 4.79 Å². The van der Waals surface area contributed by atoms with E-state index < -0.39 is 6.61 Å². The molecule has 0 aliphatic rings. The first-order valence-electron chi connectivity index (χ1n) is 8.83. The predicted molar refractivity (Wildman–Crippen MR) is 109 cm³/mol. The van der Waals surface area contributed by atoms with Crippen molar-refractivity contribution in [2.45, 2.75) is 6.61 Å². The Bertz CT molecular complexity index is 1000. The molecule has 0 radical (unpaired) electrons. The van der Waals surface area contributed by atoms with E-state index >= 15 is 0 Å². The van der Waals surface area contributed by atoms with Crippen LogP contribution in [0.1, 0.15) is 5.56 Å². The first-order valence-corrected chi connectivity index (χ1v) is 8.83. The molecule has 0 aliphatic heterocycles. The molecule has 0 spiro atoms. The number of ether oxygens (including phenoxy) is 2. The van der Waals surface area contributed by atoms with Crippen molar-refractivity contribution in [3.63, 3.8) is 0 Å². The van der Waals surface area contributed by atoms with Crippen molar-refractivity contribution in [1.82, 2.24) is 0 Å². The molecule has 3 aromatic carbocycles. The predicted octanol–water partition coefficient (Wildman–Crippen LogP) is 5.62. The first kappa shape index (κ1) is 20.1. The molecule has 6 heteroatoms. The Morgan fingerprint density at radius 1 is 0.966 bits per heavy atom. The van der Waals surface area contributed by atoms with Crippen LogP contribution in [0.25, 0.3) is 17.2 Å². The number of halogens is 2. The van der Waals surface area contributed by atoms with Crippen molar-refractivity contribution >= 4 is 17.7 Å². The van der Waals surface area contributed by atoms with Gasteiger partial charge in [-0.3, -0.25) is 4.79 Å². The van der Waals surface area contributed by atoms with Gasteiger partial charge in [0.05, 0.1) is 7.11 Å². The normalized spacial score (nSPS) is 10.9. The first-order chi connectivity index (χ1) is 14.1. The molecule has 0 fully saturated rings. The molecule has 3 rings (SSSR count). The summed E-state index contributed by atoms with van der Waals surface area (Å²) in [5.74, 6) is -0.233. The van der Waals surface area contributed by atoms with E-state index in [1.807, 2.05) is 54.6 Å². The second-order valence-corrected chi connectivity index (χ2v) is 6.02. The number of hydrogen-bond donors (Lipinski definition) is 1. The van der Waals surface area contributed by atoms with Crippen LogP contribution in [0.2, 0.25) is 0 Å². The Kier molecular flexibility index (Phi) is 6.58. The summed E-state index contributed by atoms with van der Waals surface area (Å²) in [5, 5.41) is 2.86. The molecule has 0 saturated carbocycles. The topological polar surface area (TPSA) is 47.6 Å². The third-order valence-electron chi connectivity index (χ3n) is 4.10. The highest BCUT2D eigenvalue weighted by atomic mass is 19.3. The molecule has 3 aromatic rings. The molecule has 0 heterocycles. The van der Waals surface area contributed by atoms with Gasteiger partial charge in [-0.1, -0.05) is 54.6 Å². The average Bonchev–Trinajstić information content (AvgIpc) is 2.73. The smallest absolute Gasteiger partial charge is 0.387 e. The fraction of sp³-hybridized carbons (Fsp3) is 0.0870. The second kappa shape index (κ2) is 9.50. The molecule has 148 valence electrons. The van der Waals surface area contributed by atoms with Crippen molar-refractivity contribution in [2.75, 3.05) is 12.4 Å². The highest BCUT2D eigenvalue weighted by Crippen LogP contribution is 2.30. The third-order valence-corrected chi connectivity index (χ3v) is 4.10. The van der Waals surface area contributed by atoms with Crippen LogP contribution in [-0.4, -0.2) is 19.6 Å². The van der Waals surface area contributed by atoms with E-state index in [2.05, 4.69) is 10.1 Å². The van der Waals surface area contributed by atoms with Gasteiger partial charge in [-0.25, -0.2) is 0 Å². The van der Waals surface area contributed by atoms with Crippen LogP contribution in [0.5, 0.6) is 11.5 Å². The molecular formula is C23H19F2NO3. The minimum absolute atomic E-state index is 0.0686. The SMILES string of the molecule is COc1cc(/C=C/C(=O)Nc2ccccc2-c2ccccc2)ccc1OC(F)F. The number of para-hydroxylation sites is 1. The lowest BCUT2D eigenvalue weighted by atomic mass is 10.0. The largest absolute Gasteiger partial charge is 0.493 e. The quantitative estimate of drug-likeness (QED) is 0.529. The van der Waals surface area contributed by atoms with Crippen LogP contribution in [0.15, 0.2) is 78.9 Å². The minimum atomic E-state index is -2.94. The Hall–Kier alpha value is -3.67. The van der Waals surface area contributed by atoms with Crippen molar-refractivity contribution < 1.29 is 23.0 Å². The molecule has 0 saturated heterocycles. The van der Waals surface area contributed by atoms with Crippen LogP contribution in [0.3, 0.4) is 0 Å². The van der Waals surface area contributed by atoms with Gasteiger partial charge >= 0.3 is 6.61 Å². The van der Waals surface area contributed by atoms with Gasteiger partial charge in [0.1, 0.15) is 0 Å². The van der Waals surface area contributed by atoms with E-state index in [-0.39, 0.29) is 17.4 Å². The molecule has 0 aliphatic carbocycles. The molecule has 0 bridgehead atoms. The zero-order valence-electron chi connectivity index (χ0n) is 15.6. The maximum Gasteiger partial charge on any atom is 0.387 e. The number of alkyl halides is 2. The number of hydrogen-bond acceptors (Lipinski definition) is 3. The number of rotatable bonds is 7. The van der Waals surface area contributed by atoms with Gasteiger partial charge in [-0.15, -0.1) is 0 Å². The second-order valence-electron chi connectivity index (χ2n) is 6.02. The minimum Gasteiger partial charge on any atom is -0.493 e. The molecule has 1 amide bonds. The van der Waals surface area contributed by atoms with Crippen molar-refractivity contribution in [1.29, 1.82) is 0 Å². The van der Waals surface area contributed by atoms with E-state index in [4.69, 9.17) is 4.74 Å². The number of nitrogens with one attached hydrogen (secondary N) is 1. The van der Waals surface area contributed by atoms with Gasteiger partial charge in [0.15, 0.2) is 11.5 Å². The Labute approximate surface area is 167 Å². The Balaban J connectivity index is 1.74. The third kappa shape index (κ3) is 5.42. The Morgan fingerprint density at radius 2 is 1.69 bits per heavy atom. The summed E-state index contributed by atoms with van der Waals surface area (Å²) in [7, 11) is 1.36. The summed E-state index contributed by atoms with van der Waals surface area (Å²) in [6, 6.07) is 21.7. The Morgan fingerprint density at radius 3 is 2.41 bits per heavy atom. The summed E-state index contributed by atoms with van der Waals surface area (Å²) in [5.41, 5.74) is 3.19. The number of benzene rings is 3. The van der Waals surface area contributed by atoms with Gasteiger partial charge in [0, 0.05) is 17.3 Å². The van der Waals surface area contributed by atoms with Crippen molar-refractivity contribution in [3.8, 4) is 22.6 Å². The zero-order chi connectivity index (χ0) is 20.6. The molecular weight excluding hydrogens is 376 g/mol. The van der Waals surface area contributed by atoms with Gasteiger partial charge in [0.2, 0.25) is 5.91 Å². The highest BCUT2D eigenvalue weighted by Gasteiger charge is 2.11. The van der Waals surface area contributed by atoms with Gasteiger partial charge < -0.3 is 14.8 Å². The van der Waals surface area contributed by atoms with E-state index in [0.29, 0.717) is 11.3 Å². The molecule has 4 nitrogen and oxygen atoms in total. The van der Waals surface area contributed by atoms with E-state index in [1.165, 1.54) is 25.3 Å². The van der Waals surface area contributed by atoms with Crippen molar-refractivity contribution in [3.05, 3.63) is 84.4 Å². The maximum atomic E-state index is 12.4. The van der Waals surface area contributed by atoms with Gasteiger partial charge in [-0.2, -0.15) is 8.78 Å². The molecule has 0 atom stereocenters. The summed E-state index contributed by atoms with van der Waals surface area (Å²) in [6.45, 7) is -2.94. The van der Waals surface area contributed by atoms with Crippen LogP contribution >= 0.6 is 0 Å². The highest BCUT2D eigenvalue weighted by molar-refractivity contribution is 6.04. The van der Waals surface area contributed by atoms with Gasteiger partial charge in [-0.05, 0) is 35.4 Å². The fourth-order valence-corrected chi connectivity index (χ4v) is 2.79. The van der Waals surface area contributed by atoms with Crippen LogP contribution in [0, 0.1) is 0 Å². The molecule has 0 unspecified atom stereocenters. The number of anilines is 1. The monoisotopic (exact) mass is 395 g/mol. The molecule has 0 aromatic heterocycles. The lowest BCUT2D eigenvalue weighted by Crippen LogP contribution is -2.08. The fourth-order valence-electron chi connectivity index (χ4n) is 2.79. The number of methoxy groups -OCH3 is 1. The molecule has 29 heavy (non-hydrogen) atoms. The number of carbonyl (C=O) groups is 1. The van der Waals surface area contributed by atoms with Gasteiger partial charge in [0.25, 0.3) is 0 Å². The van der Waals surface area contributed by atoms with Crippen molar-refractivity contribution in [2.24, 2.45) is 0 Å². The number of amides is 1. The van der Waals surface area contributed by atoms with E-state index in [0.717, 1.165) is 11.1 Å². The zero-order valence-corrected chi connectivity index (χ0v) is 15.6. The lowest BCUT2D eigenvalue weighted by molar-refractivity contribution is -0.111. The van der Waals surface area contributed by atoms with Crippen LogP contribution in [0.4, 0.5) is 14.5 Å². The summed E-state index contributed by atoms with van der Waals surface area (Å²) < 4.78 is 34.3. The van der Waals surface area contributed by atoms with Crippen LogP contribution < -0.4 is 14.8 Å². The molecule has 1 N–H and O–H groups in total.